The first kappa shape index (κ1) is 10.6. The SMILES string of the molecule is COC(=O)C1CC(c2cccc(C)n2)=NO1. The molecule has 0 spiro atoms. The number of aryl methyl sites for hydroxylation is 1. The van der Waals surface area contributed by atoms with Gasteiger partial charge in [0.2, 0.25) is 6.10 Å². The molecule has 0 amide bonds. The number of carbonyl (C=O) groups excluding carboxylic acids is 1. The lowest BCUT2D eigenvalue weighted by molar-refractivity contribution is -0.152. The molecule has 16 heavy (non-hydrogen) atoms. The van der Waals surface area contributed by atoms with Gasteiger partial charge in [-0.3, -0.25) is 4.98 Å². The molecule has 84 valence electrons. The standard InChI is InChI=1S/C11H12N2O3/c1-7-4-3-5-8(12-7)9-6-10(16-13-9)11(14)15-2/h3-5,10H,6H2,1-2H3. The van der Waals surface area contributed by atoms with Crippen LogP contribution < -0.4 is 0 Å². The highest BCUT2D eigenvalue weighted by Gasteiger charge is 2.30. The fourth-order valence-electron chi connectivity index (χ4n) is 1.49. The lowest BCUT2D eigenvalue weighted by Crippen LogP contribution is -2.22. The first-order chi connectivity index (χ1) is 7.70. The Morgan fingerprint density at radius 2 is 2.38 bits per heavy atom. The van der Waals surface area contributed by atoms with Gasteiger partial charge in [-0.2, -0.15) is 0 Å². The van der Waals surface area contributed by atoms with Gasteiger partial charge in [0.15, 0.2) is 0 Å². The van der Waals surface area contributed by atoms with E-state index in [0.717, 1.165) is 11.4 Å². The summed E-state index contributed by atoms with van der Waals surface area (Å²) in [5, 5.41) is 3.85. The van der Waals surface area contributed by atoms with Crippen LogP contribution in [0, 0.1) is 6.92 Å². The Morgan fingerprint density at radius 1 is 1.56 bits per heavy atom. The van der Waals surface area contributed by atoms with Gasteiger partial charge in [-0.15, -0.1) is 0 Å². The molecule has 1 unspecified atom stereocenters. The molecule has 1 aromatic rings. The first-order valence-electron chi connectivity index (χ1n) is 4.95. The number of aromatic nitrogens is 1. The molecule has 5 nitrogen and oxygen atoms in total. The minimum absolute atomic E-state index is 0.406. The van der Waals surface area contributed by atoms with Gasteiger partial charge in [0.1, 0.15) is 5.71 Å². The third-order valence-electron chi connectivity index (χ3n) is 2.32. The van der Waals surface area contributed by atoms with Gasteiger partial charge < -0.3 is 9.57 Å². The van der Waals surface area contributed by atoms with Crippen LogP contribution in [0.1, 0.15) is 17.8 Å². The molecule has 1 aromatic heterocycles. The van der Waals surface area contributed by atoms with Gasteiger partial charge in [0.05, 0.1) is 12.8 Å². The number of esters is 1. The second-order valence-corrected chi connectivity index (χ2v) is 3.52. The third kappa shape index (κ3) is 2.03. The van der Waals surface area contributed by atoms with Crippen molar-refractivity contribution in [3.05, 3.63) is 29.6 Å². The second-order valence-electron chi connectivity index (χ2n) is 3.52. The molecule has 1 aliphatic rings. The molecular weight excluding hydrogens is 208 g/mol. The van der Waals surface area contributed by atoms with E-state index in [1.54, 1.807) is 0 Å². The molecule has 0 bridgehead atoms. The number of hydrogen-bond donors (Lipinski definition) is 0. The van der Waals surface area contributed by atoms with Crippen LogP contribution >= 0.6 is 0 Å². The van der Waals surface area contributed by atoms with E-state index in [9.17, 15) is 4.79 Å². The Morgan fingerprint density at radius 3 is 3.06 bits per heavy atom. The summed E-state index contributed by atoms with van der Waals surface area (Å²) in [6.45, 7) is 1.90. The minimum atomic E-state index is -0.637. The summed E-state index contributed by atoms with van der Waals surface area (Å²) < 4.78 is 4.58. The Kier molecular flexibility index (Phi) is 2.85. The van der Waals surface area contributed by atoms with Crippen molar-refractivity contribution < 1.29 is 14.4 Å². The molecule has 0 fully saturated rings. The van der Waals surface area contributed by atoms with E-state index < -0.39 is 12.1 Å². The maximum atomic E-state index is 11.2. The van der Waals surface area contributed by atoms with E-state index in [0.29, 0.717) is 12.1 Å². The van der Waals surface area contributed by atoms with Crippen LogP contribution in [0.15, 0.2) is 23.4 Å². The molecule has 0 saturated carbocycles. The summed E-state index contributed by atoms with van der Waals surface area (Å²) in [4.78, 5) is 20.5. The minimum Gasteiger partial charge on any atom is -0.466 e. The topological polar surface area (TPSA) is 60.8 Å². The van der Waals surface area contributed by atoms with Crippen LogP contribution in [-0.4, -0.2) is 29.9 Å². The summed E-state index contributed by atoms with van der Waals surface area (Å²) >= 11 is 0. The average Bonchev–Trinajstić information content (AvgIpc) is 2.77. The molecule has 2 rings (SSSR count). The number of pyridine rings is 1. The van der Waals surface area contributed by atoms with Crippen LogP contribution in [-0.2, 0) is 14.4 Å². The van der Waals surface area contributed by atoms with Crippen molar-refractivity contribution >= 4 is 11.7 Å². The van der Waals surface area contributed by atoms with Crippen molar-refractivity contribution in [3.8, 4) is 0 Å². The number of nitrogens with zero attached hydrogens (tertiary/aromatic N) is 2. The van der Waals surface area contributed by atoms with Crippen molar-refractivity contribution in [1.82, 2.24) is 4.98 Å². The zero-order valence-electron chi connectivity index (χ0n) is 9.14. The van der Waals surface area contributed by atoms with E-state index in [2.05, 4.69) is 14.9 Å². The quantitative estimate of drug-likeness (QED) is 0.699. The molecule has 0 aliphatic carbocycles. The Labute approximate surface area is 93.1 Å². The molecule has 5 heteroatoms. The number of oxime groups is 1. The van der Waals surface area contributed by atoms with Crippen molar-refractivity contribution in [3.63, 3.8) is 0 Å². The molecular formula is C11H12N2O3. The zero-order valence-corrected chi connectivity index (χ0v) is 9.14. The lowest BCUT2D eigenvalue weighted by atomic mass is 10.1. The molecule has 0 saturated heterocycles. The Hall–Kier alpha value is -1.91. The maximum Gasteiger partial charge on any atom is 0.350 e. The largest absolute Gasteiger partial charge is 0.466 e. The molecule has 1 aliphatic heterocycles. The van der Waals surface area contributed by atoms with Gasteiger partial charge in [0, 0.05) is 12.1 Å². The number of methoxy groups -OCH3 is 1. The highest BCUT2D eigenvalue weighted by molar-refractivity contribution is 6.02. The smallest absolute Gasteiger partial charge is 0.350 e. The van der Waals surface area contributed by atoms with Crippen molar-refractivity contribution in [1.29, 1.82) is 0 Å². The number of hydrogen-bond acceptors (Lipinski definition) is 5. The van der Waals surface area contributed by atoms with Gasteiger partial charge in [-0.1, -0.05) is 11.2 Å². The van der Waals surface area contributed by atoms with Gasteiger partial charge in [-0.25, -0.2) is 4.79 Å². The maximum absolute atomic E-state index is 11.2. The number of rotatable bonds is 2. The normalized spacial score (nSPS) is 18.9. The summed E-state index contributed by atoms with van der Waals surface area (Å²) in [5.41, 5.74) is 2.33. The predicted octanol–water partition coefficient (Wildman–Crippen LogP) is 1.06. The molecule has 1 atom stereocenters. The average molecular weight is 220 g/mol. The number of carbonyl (C=O) groups is 1. The molecule has 0 radical (unpaired) electrons. The van der Waals surface area contributed by atoms with E-state index in [1.165, 1.54) is 7.11 Å². The van der Waals surface area contributed by atoms with E-state index in [4.69, 9.17) is 4.84 Å². The van der Waals surface area contributed by atoms with Gasteiger partial charge >= 0.3 is 5.97 Å². The summed E-state index contributed by atoms with van der Waals surface area (Å²) in [5.74, 6) is -0.411. The number of ether oxygens (including phenoxy) is 1. The molecule has 2 heterocycles. The monoisotopic (exact) mass is 220 g/mol. The van der Waals surface area contributed by atoms with E-state index in [-0.39, 0.29) is 0 Å². The Balaban J connectivity index is 2.12. The fourth-order valence-corrected chi connectivity index (χ4v) is 1.49. The predicted molar refractivity (Wildman–Crippen MR) is 57.0 cm³/mol. The van der Waals surface area contributed by atoms with E-state index >= 15 is 0 Å². The van der Waals surface area contributed by atoms with Gasteiger partial charge in [0.25, 0.3) is 0 Å². The zero-order chi connectivity index (χ0) is 11.5. The summed E-state index contributed by atoms with van der Waals surface area (Å²) in [6.07, 6.45) is -0.231. The highest BCUT2D eigenvalue weighted by atomic mass is 16.7. The van der Waals surface area contributed by atoms with Crippen LogP contribution in [0.2, 0.25) is 0 Å². The Bertz CT molecular complexity index is 443. The molecule has 0 aromatic carbocycles. The van der Waals surface area contributed by atoms with Crippen LogP contribution in [0.4, 0.5) is 0 Å². The van der Waals surface area contributed by atoms with Crippen molar-refractivity contribution in [2.45, 2.75) is 19.4 Å². The highest BCUT2D eigenvalue weighted by Crippen LogP contribution is 2.16. The van der Waals surface area contributed by atoms with Crippen LogP contribution in [0.3, 0.4) is 0 Å². The van der Waals surface area contributed by atoms with Gasteiger partial charge in [-0.05, 0) is 19.1 Å². The summed E-state index contributed by atoms with van der Waals surface area (Å²) in [6, 6.07) is 5.64. The van der Waals surface area contributed by atoms with Crippen molar-refractivity contribution in [2.24, 2.45) is 5.16 Å². The molecule has 0 N–H and O–H groups in total. The lowest BCUT2D eigenvalue weighted by Gasteiger charge is -2.04. The van der Waals surface area contributed by atoms with Crippen LogP contribution in [0.5, 0.6) is 0 Å². The second kappa shape index (κ2) is 4.30. The first-order valence-corrected chi connectivity index (χ1v) is 4.95. The van der Waals surface area contributed by atoms with Crippen LogP contribution in [0.25, 0.3) is 0 Å². The fraction of sp³-hybridized carbons (Fsp3) is 0.364. The summed E-state index contributed by atoms with van der Waals surface area (Å²) in [7, 11) is 1.33. The van der Waals surface area contributed by atoms with E-state index in [1.807, 2.05) is 25.1 Å². The third-order valence-corrected chi connectivity index (χ3v) is 2.32. The van der Waals surface area contributed by atoms with Crippen molar-refractivity contribution in [2.75, 3.05) is 7.11 Å².